The maximum atomic E-state index is 12.0. The van der Waals surface area contributed by atoms with Crippen LogP contribution in [0.25, 0.3) is 0 Å². The number of hydrogen-bond acceptors (Lipinski definition) is 3. The zero-order valence-electron chi connectivity index (χ0n) is 12.6. The number of amides is 1. The smallest absolute Gasteiger partial charge is 0.331 e. The molecule has 1 amide bonds. The van der Waals surface area contributed by atoms with Crippen molar-refractivity contribution in [3.05, 3.63) is 41.5 Å². The Kier molecular flexibility index (Phi) is 6.46. The highest BCUT2D eigenvalue weighted by molar-refractivity contribution is 6.01. The van der Waals surface area contributed by atoms with Crippen LogP contribution in [0.1, 0.15) is 20.3 Å². The van der Waals surface area contributed by atoms with Gasteiger partial charge in [-0.1, -0.05) is 18.2 Å². The summed E-state index contributed by atoms with van der Waals surface area (Å²) in [4.78, 5) is 24.4. The summed E-state index contributed by atoms with van der Waals surface area (Å²) in [5, 5.41) is 8.87. The van der Waals surface area contributed by atoms with Crippen LogP contribution in [0.3, 0.4) is 0 Å². The fourth-order valence-electron chi connectivity index (χ4n) is 1.72. The fourth-order valence-corrected chi connectivity index (χ4v) is 1.72. The lowest BCUT2D eigenvalue weighted by molar-refractivity contribution is -0.133. The summed E-state index contributed by atoms with van der Waals surface area (Å²) >= 11 is 0. The van der Waals surface area contributed by atoms with E-state index >= 15 is 0 Å². The predicted octanol–water partition coefficient (Wildman–Crippen LogP) is 2.33. The number of aliphatic carboxylic acids is 1. The molecule has 1 aromatic rings. The van der Waals surface area contributed by atoms with Gasteiger partial charge in [-0.15, -0.1) is 0 Å². The molecular weight excluding hydrogens is 270 g/mol. The van der Waals surface area contributed by atoms with Gasteiger partial charge in [-0.05, 0) is 32.4 Å². The van der Waals surface area contributed by atoms with E-state index in [2.05, 4.69) is 0 Å². The van der Waals surface area contributed by atoms with E-state index in [1.54, 1.807) is 7.05 Å². The summed E-state index contributed by atoms with van der Waals surface area (Å²) in [7, 11) is 1.66. The molecule has 114 valence electrons. The van der Waals surface area contributed by atoms with Gasteiger partial charge in [-0.2, -0.15) is 0 Å². The van der Waals surface area contributed by atoms with Crippen LogP contribution in [0.5, 0.6) is 5.75 Å². The molecule has 1 N–H and O–H groups in total. The monoisotopic (exact) mass is 291 g/mol. The van der Waals surface area contributed by atoms with Gasteiger partial charge in [-0.3, -0.25) is 4.79 Å². The van der Waals surface area contributed by atoms with Crippen molar-refractivity contribution in [2.24, 2.45) is 0 Å². The van der Waals surface area contributed by atoms with Crippen molar-refractivity contribution in [1.82, 2.24) is 4.90 Å². The third-order valence-corrected chi connectivity index (χ3v) is 3.20. The molecular formula is C16H21NO4. The van der Waals surface area contributed by atoms with Gasteiger partial charge in [0.15, 0.2) is 0 Å². The van der Waals surface area contributed by atoms with E-state index < -0.39 is 5.97 Å². The average molecular weight is 291 g/mol. The van der Waals surface area contributed by atoms with Crippen molar-refractivity contribution in [2.45, 2.75) is 20.3 Å². The van der Waals surface area contributed by atoms with E-state index in [9.17, 15) is 9.59 Å². The Morgan fingerprint density at radius 2 is 1.76 bits per heavy atom. The topological polar surface area (TPSA) is 66.8 Å². The number of rotatable bonds is 7. The Morgan fingerprint density at radius 3 is 2.33 bits per heavy atom. The highest BCUT2D eigenvalue weighted by Crippen LogP contribution is 2.10. The molecule has 0 radical (unpaired) electrons. The number of carbonyl (C=O) groups excluding carboxylic acids is 1. The molecule has 0 aliphatic carbocycles. The lowest BCUT2D eigenvalue weighted by atomic mass is 10.1. The molecule has 0 saturated heterocycles. The van der Waals surface area contributed by atoms with Crippen molar-refractivity contribution in [1.29, 1.82) is 0 Å². The summed E-state index contributed by atoms with van der Waals surface area (Å²) in [6.07, 6.45) is 0.677. The summed E-state index contributed by atoms with van der Waals surface area (Å²) < 4.78 is 5.54. The number of carbonyl (C=O) groups is 2. The minimum Gasteiger partial charge on any atom is -0.494 e. The molecule has 0 aromatic heterocycles. The highest BCUT2D eigenvalue weighted by Gasteiger charge is 2.16. The Morgan fingerprint density at radius 1 is 1.14 bits per heavy atom. The van der Waals surface area contributed by atoms with Crippen LogP contribution in [0, 0.1) is 0 Å². The largest absolute Gasteiger partial charge is 0.494 e. The molecule has 0 aliphatic heterocycles. The zero-order valence-corrected chi connectivity index (χ0v) is 12.6. The fraction of sp³-hybridized carbons (Fsp3) is 0.375. The molecule has 0 atom stereocenters. The van der Waals surface area contributed by atoms with Crippen molar-refractivity contribution in [3.8, 4) is 5.75 Å². The minimum atomic E-state index is -1.07. The van der Waals surface area contributed by atoms with Gasteiger partial charge in [0.25, 0.3) is 0 Å². The first-order chi connectivity index (χ1) is 9.93. The van der Waals surface area contributed by atoms with Gasteiger partial charge < -0.3 is 14.7 Å². The summed E-state index contributed by atoms with van der Waals surface area (Å²) in [5.74, 6) is -0.541. The number of hydrogen-bond donors (Lipinski definition) is 1. The van der Waals surface area contributed by atoms with Gasteiger partial charge in [0.05, 0.1) is 6.61 Å². The van der Waals surface area contributed by atoms with Crippen LogP contribution in [-0.4, -0.2) is 42.1 Å². The van der Waals surface area contributed by atoms with Gasteiger partial charge in [0, 0.05) is 24.7 Å². The van der Waals surface area contributed by atoms with E-state index in [0.717, 1.165) is 5.75 Å². The first-order valence-corrected chi connectivity index (χ1v) is 6.77. The van der Waals surface area contributed by atoms with Gasteiger partial charge in [0.2, 0.25) is 5.91 Å². The number of benzene rings is 1. The second-order valence-electron chi connectivity index (χ2n) is 4.80. The van der Waals surface area contributed by atoms with Gasteiger partial charge in [-0.25, -0.2) is 4.79 Å². The van der Waals surface area contributed by atoms with Crippen LogP contribution < -0.4 is 4.74 Å². The minimum absolute atomic E-state index is 0.0763. The van der Waals surface area contributed by atoms with Crippen LogP contribution >= 0.6 is 0 Å². The first kappa shape index (κ1) is 16.8. The molecule has 0 aliphatic rings. The van der Waals surface area contributed by atoms with Gasteiger partial charge >= 0.3 is 5.97 Å². The number of para-hydroxylation sites is 1. The van der Waals surface area contributed by atoms with Crippen LogP contribution in [0.2, 0.25) is 0 Å². The lowest BCUT2D eigenvalue weighted by Crippen LogP contribution is -2.30. The second kappa shape index (κ2) is 8.09. The molecule has 0 heterocycles. The average Bonchev–Trinajstić information content (AvgIpc) is 2.50. The number of carboxylic acid groups (broad SMARTS) is 1. The third-order valence-electron chi connectivity index (χ3n) is 3.20. The van der Waals surface area contributed by atoms with E-state index in [1.807, 2.05) is 30.3 Å². The SMILES string of the molecule is CC(C(=O)O)=C(C)C(=O)N(C)CCCOc1ccccc1. The standard InChI is InChI=1S/C16H21NO4/c1-12(13(2)16(19)20)15(18)17(3)10-7-11-21-14-8-5-4-6-9-14/h4-6,8-9H,7,10-11H2,1-3H3,(H,19,20). The molecule has 1 aromatic carbocycles. The number of likely N-dealkylation sites (N-methyl/N-ethyl adjacent to an activating group) is 1. The van der Waals surface area contributed by atoms with E-state index in [0.29, 0.717) is 19.6 Å². The molecule has 5 heteroatoms. The molecule has 0 fully saturated rings. The van der Waals surface area contributed by atoms with Crippen molar-refractivity contribution in [3.63, 3.8) is 0 Å². The van der Waals surface area contributed by atoms with E-state index in [-0.39, 0.29) is 17.1 Å². The third kappa shape index (κ3) is 5.30. The molecule has 0 unspecified atom stereocenters. The van der Waals surface area contributed by atoms with Crippen molar-refractivity contribution >= 4 is 11.9 Å². The van der Waals surface area contributed by atoms with Gasteiger partial charge in [0.1, 0.15) is 5.75 Å². The van der Waals surface area contributed by atoms with Crippen LogP contribution in [0.4, 0.5) is 0 Å². The Balaban J connectivity index is 2.40. The Labute approximate surface area is 124 Å². The summed E-state index contributed by atoms with van der Waals surface area (Å²) in [5.41, 5.74) is 0.335. The van der Waals surface area contributed by atoms with Crippen molar-refractivity contribution in [2.75, 3.05) is 20.2 Å². The molecule has 0 spiro atoms. The molecule has 5 nitrogen and oxygen atoms in total. The number of carboxylic acids is 1. The number of nitrogens with zero attached hydrogens (tertiary/aromatic N) is 1. The maximum absolute atomic E-state index is 12.0. The normalized spacial score (nSPS) is 11.6. The molecule has 21 heavy (non-hydrogen) atoms. The molecule has 0 saturated carbocycles. The molecule has 0 bridgehead atoms. The van der Waals surface area contributed by atoms with Crippen LogP contribution in [0.15, 0.2) is 41.5 Å². The Bertz CT molecular complexity index is 522. The van der Waals surface area contributed by atoms with E-state index in [1.165, 1.54) is 18.7 Å². The summed E-state index contributed by atoms with van der Waals surface area (Å²) in [6.45, 7) is 3.98. The quantitative estimate of drug-likeness (QED) is 0.618. The van der Waals surface area contributed by atoms with Crippen LogP contribution in [-0.2, 0) is 9.59 Å². The first-order valence-electron chi connectivity index (χ1n) is 6.77. The summed E-state index contributed by atoms with van der Waals surface area (Å²) in [6, 6.07) is 9.46. The predicted molar refractivity (Wildman–Crippen MR) is 80.2 cm³/mol. The zero-order chi connectivity index (χ0) is 15.8. The Hall–Kier alpha value is -2.30. The number of ether oxygens (including phenoxy) is 1. The molecule has 1 rings (SSSR count). The second-order valence-corrected chi connectivity index (χ2v) is 4.80. The highest BCUT2D eigenvalue weighted by atomic mass is 16.5. The maximum Gasteiger partial charge on any atom is 0.331 e. The van der Waals surface area contributed by atoms with E-state index in [4.69, 9.17) is 9.84 Å². The lowest BCUT2D eigenvalue weighted by Gasteiger charge is -2.18. The van der Waals surface area contributed by atoms with Crippen molar-refractivity contribution < 1.29 is 19.4 Å².